The zero-order valence-corrected chi connectivity index (χ0v) is 12.6. The van der Waals surface area contributed by atoms with E-state index in [2.05, 4.69) is 9.71 Å². The molecule has 0 fully saturated rings. The quantitative estimate of drug-likeness (QED) is 0.483. The van der Waals surface area contributed by atoms with E-state index in [0.717, 1.165) is 11.0 Å². The molecule has 1 heterocycles. The Balaban J connectivity index is 1.91. The summed E-state index contributed by atoms with van der Waals surface area (Å²) in [6.45, 7) is 0. The molecule has 8 heteroatoms. The van der Waals surface area contributed by atoms with Crippen molar-refractivity contribution in [3.8, 4) is 0 Å². The number of pyridine rings is 1. The van der Waals surface area contributed by atoms with Crippen molar-refractivity contribution >= 4 is 33.3 Å². The Morgan fingerprint density at radius 1 is 1.19 bits per heavy atom. The van der Waals surface area contributed by atoms with Crippen LogP contribution in [0.2, 0.25) is 0 Å². The van der Waals surface area contributed by atoms with Crippen LogP contribution < -0.4 is 10.5 Å². The van der Waals surface area contributed by atoms with Gasteiger partial charge in [-0.05, 0) is 24.3 Å². The highest BCUT2D eigenvalue weighted by Gasteiger charge is 2.12. The molecule has 1 aromatic carbocycles. The van der Waals surface area contributed by atoms with Crippen LogP contribution in [0.1, 0.15) is 0 Å². The van der Waals surface area contributed by atoms with E-state index in [4.69, 9.17) is 5.73 Å². The highest BCUT2D eigenvalue weighted by Crippen LogP contribution is 2.24. The highest BCUT2D eigenvalue weighted by molar-refractivity contribution is 8.01. The first kappa shape index (κ1) is 15.6. The van der Waals surface area contributed by atoms with Gasteiger partial charge in [-0.1, -0.05) is 18.2 Å². The van der Waals surface area contributed by atoms with Crippen LogP contribution in [0.4, 0.5) is 15.9 Å². The highest BCUT2D eigenvalue weighted by atomic mass is 32.2. The zero-order valence-electron chi connectivity index (χ0n) is 11.0. The van der Waals surface area contributed by atoms with Crippen LogP contribution in [0.15, 0.2) is 47.4 Å². The van der Waals surface area contributed by atoms with Gasteiger partial charge in [0.25, 0.3) is 0 Å². The van der Waals surface area contributed by atoms with E-state index in [1.165, 1.54) is 23.9 Å². The molecule has 21 heavy (non-hydrogen) atoms. The Hall–Kier alpha value is -1.80. The summed E-state index contributed by atoms with van der Waals surface area (Å²) in [5.41, 5.74) is 6.38. The summed E-state index contributed by atoms with van der Waals surface area (Å²) >= 11 is 1.35. The van der Waals surface area contributed by atoms with Crippen molar-refractivity contribution < 1.29 is 12.8 Å². The summed E-state index contributed by atoms with van der Waals surface area (Å²) in [5, 5.41) is 0. The van der Waals surface area contributed by atoms with Crippen molar-refractivity contribution in [2.45, 2.75) is 4.90 Å². The van der Waals surface area contributed by atoms with Crippen LogP contribution in [0, 0.1) is 5.95 Å². The predicted molar refractivity (Wildman–Crippen MR) is 83.2 cm³/mol. The summed E-state index contributed by atoms with van der Waals surface area (Å²) in [7, 11) is -3.58. The molecule has 2 rings (SSSR count). The standard InChI is InChI=1S/C13H14FN3O2S2/c14-12-6-3-7-13(16-12)17-21(18,19)9-8-20-11-5-2-1-4-10(11)15/h1-7H,8-9,15H2,(H,16,17). The summed E-state index contributed by atoms with van der Waals surface area (Å²) in [6.07, 6.45) is 0. The van der Waals surface area contributed by atoms with Gasteiger partial charge in [0.05, 0.1) is 5.75 Å². The first-order chi connectivity index (χ1) is 9.96. The Kier molecular flexibility index (Phi) is 5.03. The van der Waals surface area contributed by atoms with Gasteiger partial charge in [-0.2, -0.15) is 4.39 Å². The minimum absolute atomic E-state index is 0.0285. The lowest BCUT2D eigenvalue weighted by atomic mass is 10.3. The maximum Gasteiger partial charge on any atom is 0.234 e. The fraction of sp³-hybridized carbons (Fsp3) is 0.154. The molecule has 1 aromatic heterocycles. The van der Waals surface area contributed by atoms with Crippen molar-refractivity contribution in [3.05, 3.63) is 48.4 Å². The van der Waals surface area contributed by atoms with E-state index in [-0.39, 0.29) is 11.6 Å². The Labute approximate surface area is 126 Å². The average molecular weight is 327 g/mol. The third-order valence-corrected chi connectivity index (χ3v) is 5.11. The van der Waals surface area contributed by atoms with Gasteiger partial charge in [0, 0.05) is 16.3 Å². The number of thioether (sulfide) groups is 1. The normalized spacial score (nSPS) is 11.3. The monoisotopic (exact) mass is 327 g/mol. The molecule has 5 nitrogen and oxygen atoms in total. The first-order valence-corrected chi connectivity index (χ1v) is 8.70. The van der Waals surface area contributed by atoms with Gasteiger partial charge in [-0.15, -0.1) is 11.8 Å². The number of nitrogens with one attached hydrogen (secondary N) is 1. The molecule has 0 amide bonds. The number of aromatic nitrogens is 1. The number of halogens is 1. The maximum absolute atomic E-state index is 12.9. The molecule has 0 radical (unpaired) electrons. The third-order valence-electron chi connectivity index (χ3n) is 2.50. The second kappa shape index (κ2) is 6.77. The zero-order chi connectivity index (χ0) is 15.3. The average Bonchev–Trinajstić information content (AvgIpc) is 2.40. The molecule has 0 saturated carbocycles. The van der Waals surface area contributed by atoms with E-state index >= 15 is 0 Å². The molecule has 3 N–H and O–H groups in total. The Bertz CT molecular complexity index is 723. The van der Waals surface area contributed by atoms with Crippen molar-refractivity contribution in [3.63, 3.8) is 0 Å². The first-order valence-electron chi connectivity index (χ1n) is 6.07. The smallest absolute Gasteiger partial charge is 0.234 e. The molecule has 0 aliphatic heterocycles. The number of sulfonamides is 1. The summed E-state index contributed by atoms with van der Waals surface area (Å²) in [5.74, 6) is -0.552. The molecule has 0 atom stereocenters. The SMILES string of the molecule is Nc1ccccc1SCCS(=O)(=O)Nc1cccc(F)n1. The Morgan fingerprint density at radius 3 is 2.67 bits per heavy atom. The molecule has 0 saturated heterocycles. The van der Waals surface area contributed by atoms with Crippen LogP contribution in [-0.4, -0.2) is 24.9 Å². The fourth-order valence-electron chi connectivity index (χ4n) is 1.55. The lowest BCUT2D eigenvalue weighted by Crippen LogP contribution is -2.19. The van der Waals surface area contributed by atoms with Gasteiger partial charge >= 0.3 is 0 Å². The second-order valence-corrected chi connectivity index (χ2v) is 7.13. The maximum atomic E-state index is 12.9. The lowest BCUT2D eigenvalue weighted by Gasteiger charge is -2.08. The molecule has 0 aliphatic rings. The Morgan fingerprint density at radius 2 is 1.95 bits per heavy atom. The van der Waals surface area contributed by atoms with E-state index in [9.17, 15) is 12.8 Å². The van der Waals surface area contributed by atoms with Gasteiger partial charge in [0.1, 0.15) is 5.82 Å². The van der Waals surface area contributed by atoms with Gasteiger partial charge in [-0.25, -0.2) is 13.4 Å². The number of nitrogen functional groups attached to an aromatic ring is 1. The molecule has 0 unspecified atom stereocenters. The predicted octanol–water partition coefficient (Wildman–Crippen LogP) is 2.34. The molecule has 0 aliphatic carbocycles. The van der Waals surface area contributed by atoms with E-state index in [0.29, 0.717) is 11.4 Å². The number of benzene rings is 1. The van der Waals surface area contributed by atoms with Crippen molar-refractivity contribution in [2.75, 3.05) is 22.0 Å². The van der Waals surface area contributed by atoms with E-state index in [1.54, 1.807) is 6.07 Å². The van der Waals surface area contributed by atoms with Crippen LogP contribution in [-0.2, 0) is 10.0 Å². The third kappa shape index (κ3) is 4.91. The lowest BCUT2D eigenvalue weighted by molar-refractivity contribution is 0.584. The molecule has 2 aromatic rings. The number of rotatable bonds is 6. The summed E-state index contributed by atoms with van der Waals surface area (Å²) < 4.78 is 38.9. The van der Waals surface area contributed by atoms with E-state index in [1.807, 2.05) is 18.2 Å². The number of hydrogen-bond donors (Lipinski definition) is 2. The number of para-hydroxylation sites is 1. The topological polar surface area (TPSA) is 85.1 Å². The van der Waals surface area contributed by atoms with Gasteiger partial charge in [-0.3, -0.25) is 4.72 Å². The van der Waals surface area contributed by atoms with Crippen LogP contribution in [0.5, 0.6) is 0 Å². The van der Waals surface area contributed by atoms with Gasteiger partial charge < -0.3 is 5.73 Å². The van der Waals surface area contributed by atoms with Gasteiger partial charge in [0.15, 0.2) is 0 Å². The molecule has 0 bridgehead atoms. The molecular weight excluding hydrogens is 313 g/mol. The molecule has 112 valence electrons. The fourth-order valence-corrected chi connectivity index (χ4v) is 3.92. The van der Waals surface area contributed by atoms with Gasteiger partial charge in [0.2, 0.25) is 16.0 Å². The van der Waals surface area contributed by atoms with Crippen molar-refractivity contribution in [2.24, 2.45) is 0 Å². The molecular formula is C13H14FN3O2S2. The van der Waals surface area contributed by atoms with E-state index < -0.39 is 16.0 Å². The summed E-state index contributed by atoms with van der Waals surface area (Å²) in [4.78, 5) is 4.29. The van der Waals surface area contributed by atoms with Crippen LogP contribution >= 0.6 is 11.8 Å². The van der Waals surface area contributed by atoms with Crippen LogP contribution in [0.25, 0.3) is 0 Å². The van der Waals surface area contributed by atoms with Crippen molar-refractivity contribution in [1.29, 1.82) is 0 Å². The molecule has 0 spiro atoms. The second-order valence-electron chi connectivity index (χ2n) is 4.15. The number of anilines is 2. The minimum atomic E-state index is -3.58. The number of nitrogens with zero attached hydrogens (tertiary/aromatic N) is 1. The van der Waals surface area contributed by atoms with Crippen LogP contribution in [0.3, 0.4) is 0 Å². The largest absolute Gasteiger partial charge is 0.398 e. The number of nitrogens with two attached hydrogens (primary N) is 1. The minimum Gasteiger partial charge on any atom is -0.398 e. The summed E-state index contributed by atoms with van der Waals surface area (Å²) in [6, 6.07) is 11.2. The number of hydrogen-bond acceptors (Lipinski definition) is 5. The van der Waals surface area contributed by atoms with Crippen molar-refractivity contribution in [1.82, 2.24) is 4.98 Å².